The number of thiophene rings is 1. The first-order valence-electron chi connectivity index (χ1n) is 4.64. The lowest BCUT2D eigenvalue weighted by molar-refractivity contribution is 1.17. The Morgan fingerprint density at radius 1 is 1.40 bits per heavy atom. The molecule has 0 saturated heterocycles. The summed E-state index contributed by atoms with van der Waals surface area (Å²) in [6, 6.07) is 6.02. The van der Waals surface area contributed by atoms with Gasteiger partial charge in [0.05, 0.1) is 16.9 Å². The molecule has 0 aliphatic carbocycles. The second kappa shape index (κ2) is 4.64. The summed E-state index contributed by atoms with van der Waals surface area (Å²) < 4.78 is 0. The van der Waals surface area contributed by atoms with Gasteiger partial charge in [-0.3, -0.25) is 4.98 Å². The fourth-order valence-corrected chi connectivity index (χ4v) is 2.27. The van der Waals surface area contributed by atoms with Gasteiger partial charge in [-0.25, -0.2) is 0 Å². The molecular formula is C11H11ClN2S. The fourth-order valence-electron chi connectivity index (χ4n) is 1.27. The maximum absolute atomic E-state index is 6.00. The topological polar surface area (TPSA) is 24.9 Å². The van der Waals surface area contributed by atoms with Gasteiger partial charge in [0.25, 0.3) is 0 Å². The summed E-state index contributed by atoms with van der Waals surface area (Å²) in [5.41, 5.74) is 0.880. The summed E-state index contributed by atoms with van der Waals surface area (Å²) in [7, 11) is 0. The van der Waals surface area contributed by atoms with E-state index in [0.29, 0.717) is 5.02 Å². The van der Waals surface area contributed by atoms with Crippen molar-refractivity contribution in [3.8, 4) is 0 Å². The highest BCUT2D eigenvalue weighted by Crippen LogP contribution is 2.21. The van der Waals surface area contributed by atoms with Crippen molar-refractivity contribution in [2.75, 3.05) is 5.32 Å². The van der Waals surface area contributed by atoms with E-state index in [-0.39, 0.29) is 0 Å². The molecule has 0 amide bonds. The predicted octanol–water partition coefficient (Wildman–Crippen LogP) is 3.72. The van der Waals surface area contributed by atoms with Gasteiger partial charge in [-0.15, -0.1) is 11.3 Å². The number of nitrogens with one attached hydrogen (secondary N) is 1. The molecule has 0 unspecified atom stereocenters. The highest BCUT2D eigenvalue weighted by Gasteiger charge is 2.00. The van der Waals surface area contributed by atoms with Gasteiger partial charge in [-0.05, 0) is 25.1 Å². The van der Waals surface area contributed by atoms with Crippen LogP contribution in [0.1, 0.15) is 9.75 Å². The van der Waals surface area contributed by atoms with Gasteiger partial charge in [-0.1, -0.05) is 11.6 Å². The summed E-state index contributed by atoms with van der Waals surface area (Å²) in [6.45, 7) is 2.90. The van der Waals surface area contributed by atoms with Crippen molar-refractivity contribution >= 4 is 28.6 Å². The van der Waals surface area contributed by atoms with E-state index in [4.69, 9.17) is 11.6 Å². The molecule has 0 saturated carbocycles. The first-order chi connectivity index (χ1) is 7.25. The highest BCUT2D eigenvalue weighted by atomic mass is 35.5. The predicted molar refractivity (Wildman–Crippen MR) is 65.6 cm³/mol. The van der Waals surface area contributed by atoms with E-state index in [9.17, 15) is 0 Å². The lowest BCUT2D eigenvalue weighted by Gasteiger charge is -2.05. The molecule has 0 aliphatic heterocycles. The Morgan fingerprint density at radius 2 is 2.27 bits per heavy atom. The maximum atomic E-state index is 6.00. The Morgan fingerprint density at radius 3 is 2.93 bits per heavy atom. The molecule has 0 spiro atoms. The number of hydrogen-bond donors (Lipinski definition) is 1. The van der Waals surface area contributed by atoms with Crippen LogP contribution in [-0.2, 0) is 6.54 Å². The first-order valence-corrected chi connectivity index (χ1v) is 5.84. The third-order valence-electron chi connectivity index (χ3n) is 2.02. The summed E-state index contributed by atoms with van der Waals surface area (Å²) in [5.74, 6) is 0. The molecule has 15 heavy (non-hydrogen) atoms. The molecule has 2 heterocycles. The van der Waals surface area contributed by atoms with Gasteiger partial charge in [-0.2, -0.15) is 0 Å². The number of anilines is 1. The summed E-state index contributed by atoms with van der Waals surface area (Å²) >= 11 is 7.78. The number of aromatic nitrogens is 1. The zero-order chi connectivity index (χ0) is 10.7. The Balaban J connectivity index is 2.02. The fraction of sp³-hybridized carbons (Fsp3) is 0.182. The number of pyridine rings is 1. The molecule has 2 aromatic rings. The SMILES string of the molecule is Cc1ccc(CNc2cnccc2Cl)s1. The van der Waals surface area contributed by atoms with Crippen molar-refractivity contribution in [1.82, 2.24) is 4.98 Å². The van der Waals surface area contributed by atoms with Crippen molar-refractivity contribution in [2.24, 2.45) is 0 Å². The molecule has 0 atom stereocenters. The lowest BCUT2D eigenvalue weighted by Crippen LogP contribution is -1.98. The third-order valence-corrected chi connectivity index (χ3v) is 3.35. The molecule has 0 fully saturated rings. The van der Waals surface area contributed by atoms with Crippen molar-refractivity contribution in [3.05, 3.63) is 45.4 Å². The van der Waals surface area contributed by atoms with Gasteiger partial charge >= 0.3 is 0 Å². The Hall–Kier alpha value is -1.06. The second-order valence-corrected chi connectivity index (χ2v) is 5.00. The smallest absolute Gasteiger partial charge is 0.0718 e. The minimum absolute atomic E-state index is 0.707. The average Bonchev–Trinajstić information content (AvgIpc) is 2.63. The molecule has 78 valence electrons. The molecule has 0 radical (unpaired) electrons. The van der Waals surface area contributed by atoms with Crippen molar-refractivity contribution < 1.29 is 0 Å². The minimum Gasteiger partial charge on any atom is -0.378 e. The summed E-state index contributed by atoms with van der Waals surface area (Å²) in [6.07, 6.45) is 3.42. The van der Waals surface area contributed by atoms with Gasteiger partial charge in [0, 0.05) is 22.5 Å². The van der Waals surface area contributed by atoms with Crippen molar-refractivity contribution in [2.45, 2.75) is 13.5 Å². The van der Waals surface area contributed by atoms with Gasteiger partial charge < -0.3 is 5.32 Å². The monoisotopic (exact) mass is 238 g/mol. The Kier molecular flexibility index (Phi) is 3.23. The number of aryl methyl sites for hydroxylation is 1. The van der Waals surface area contributed by atoms with E-state index in [1.807, 2.05) is 0 Å². The molecule has 2 aromatic heterocycles. The van der Waals surface area contributed by atoms with E-state index in [0.717, 1.165) is 12.2 Å². The Labute approximate surface area is 97.9 Å². The van der Waals surface area contributed by atoms with Crippen LogP contribution in [0.25, 0.3) is 0 Å². The zero-order valence-electron chi connectivity index (χ0n) is 8.33. The van der Waals surface area contributed by atoms with Gasteiger partial charge in [0.15, 0.2) is 0 Å². The number of hydrogen-bond acceptors (Lipinski definition) is 3. The quantitative estimate of drug-likeness (QED) is 0.882. The van der Waals surface area contributed by atoms with Crippen LogP contribution in [0.3, 0.4) is 0 Å². The second-order valence-electron chi connectivity index (χ2n) is 3.22. The standard InChI is InChI=1S/C11H11ClN2S/c1-8-2-3-9(15-8)6-14-11-7-13-5-4-10(11)12/h2-5,7,14H,6H2,1H3. The van der Waals surface area contributed by atoms with E-state index >= 15 is 0 Å². The molecular weight excluding hydrogens is 228 g/mol. The van der Waals surface area contributed by atoms with Crippen LogP contribution in [0, 0.1) is 6.92 Å². The normalized spacial score (nSPS) is 10.3. The van der Waals surface area contributed by atoms with Crippen LogP contribution in [0.2, 0.25) is 5.02 Å². The third kappa shape index (κ3) is 2.70. The van der Waals surface area contributed by atoms with Crippen LogP contribution in [-0.4, -0.2) is 4.98 Å². The summed E-state index contributed by atoms with van der Waals surface area (Å²) in [5, 5.41) is 3.97. The molecule has 2 rings (SSSR count). The number of rotatable bonds is 3. The number of halogens is 1. The lowest BCUT2D eigenvalue weighted by atomic mass is 10.4. The van der Waals surface area contributed by atoms with Crippen LogP contribution in [0.4, 0.5) is 5.69 Å². The first kappa shape index (κ1) is 10.5. The van der Waals surface area contributed by atoms with Crippen LogP contribution >= 0.6 is 22.9 Å². The molecule has 0 aliphatic rings. The van der Waals surface area contributed by atoms with E-state index in [1.165, 1.54) is 9.75 Å². The molecule has 0 aromatic carbocycles. The van der Waals surface area contributed by atoms with Crippen LogP contribution in [0.5, 0.6) is 0 Å². The van der Waals surface area contributed by atoms with Crippen LogP contribution in [0.15, 0.2) is 30.6 Å². The van der Waals surface area contributed by atoms with E-state index < -0.39 is 0 Å². The van der Waals surface area contributed by atoms with Gasteiger partial charge in [0.2, 0.25) is 0 Å². The zero-order valence-corrected chi connectivity index (χ0v) is 9.90. The highest BCUT2D eigenvalue weighted by molar-refractivity contribution is 7.11. The van der Waals surface area contributed by atoms with E-state index in [2.05, 4.69) is 29.4 Å². The van der Waals surface area contributed by atoms with E-state index in [1.54, 1.807) is 29.8 Å². The molecule has 2 nitrogen and oxygen atoms in total. The van der Waals surface area contributed by atoms with Crippen molar-refractivity contribution in [1.29, 1.82) is 0 Å². The molecule has 4 heteroatoms. The Bertz CT molecular complexity index is 453. The molecule has 1 N–H and O–H groups in total. The van der Waals surface area contributed by atoms with Crippen LogP contribution < -0.4 is 5.32 Å². The number of nitrogens with zero attached hydrogens (tertiary/aromatic N) is 1. The van der Waals surface area contributed by atoms with Gasteiger partial charge in [0.1, 0.15) is 0 Å². The largest absolute Gasteiger partial charge is 0.378 e. The summed E-state index contributed by atoms with van der Waals surface area (Å²) in [4.78, 5) is 6.64. The van der Waals surface area contributed by atoms with Crippen molar-refractivity contribution in [3.63, 3.8) is 0 Å². The molecule has 0 bridgehead atoms. The average molecular weight is 239 g/mol. The minimum atomic E-state index is 0.707. The maximum Gasteiger partial charge on any atom is 0.0718 e.